The molecule has 1 heterocycles. The van der Waals surface area contributed by atoms with E-state index in [1.165, 1.54) is 12.0 Å². The van der Waals surface area contributed by atoms with E-state index >= 15 is 0 Å². The maximum absolute atomic E-state index is 11.8. The zero-order valence-electron chi connectivity index (χ0n) is 9.39. The molecule has 2 amide bonds. The molecule has 0 aromatic heterocycles. The number of esters is 1. The molecular formula is C10H14N2O4. The number of amides is 2. The molecule has 0 aromatic carbocycles. The lowest BCUT2D eigenvalue weighted by molar-refractivity contribution is -0.152. The Labute approximate surface area is 92.9 Å². The van der Waals surface area contributed by atoms with Crippen molar-refractivity contribution >= 4 is 17.8 Å². The van der Waals surface area contributed by atoms with E-state index in [2.05, 4.69) is 10.1 Å². The van der Waals surface area contributed by atoms with Crippen molar-refractivity contribution in [2.75, 3.05) is 14.2 Å². The molecule has 3 atom stereocenters. The van der Waals surface area contributed by atoms with Crippen LogP contribution in [0.5, 0.6) is 0 Å². The normalized spacial score (nSPS) is 33.7. The van der Waals surface area contributed by atoms with Crippen LogP contribution in [-0.2, 0) is 19.1 Å². The maximum atomic E-state index is 11.8. The maximum Gasteiger partial charge on any atom is 0.310 e. The summed E-state index contributed by atoms with van der Waals surface area (Å²) >= 11 is 0. The highest BCUT2D eigenvalue weighted by Crippen LogP contribution is 2.54. The second kappa shape index (κ2) is 3.55. The van der Waals surface area contributed by atoms with Crippen LogP contribution in [0.4, 0.5) is 0 Å². The summed E-state index contributed by atoms with van der Waals surface area (Å²) in [6.45, 7) is 1.73. The van der Waals surface area contributed by atoms with E-state index in [-0.39, 0.29) is 18.0 Å². The smallest absolute Gasteiger partial charge is 0.310 e. The van der Waals surface area contributed by atoms with Gasteiger partial charge in [-0.3, -0.25) is 19.3 Å². The standard InChI is InChI=1S/C10H14N2O4/c1-4(11-2)12-8(13)5-6(9(12)14)7(5)10(15)16-3/h4-7,11H,1-3H3. The highest BCUT2D eigenvalue weighted by Gasteiger charge is 2.71. The first-order valence-corrected chi connectivity index (χ1v) is 5.16. The van der Waals surface area contributed by atoms with Crippen molar-refractivity contribution in [2.24, 2.45) is 17.8 Å². The Hall–Kier alpha value is -1.43. The minimum atomic E-state index is -0.551. The number of rotatable bonds is 3. The summed E-state index contributed by atoms with van der Waals surface area (Å²) in [6, 6.07) is 0. The summed E-state index contributed by atoms with van der Waals surface area (Å²) in [5.74, 6) is -2.54. The first-order chi connectivity index (χ1) is 7.54. The van der Waals surface area contributed by atoms with Gasteiger partial charge in [0.2, 0.25) is 11.8 Å². The van der Waals surface area contributed by atoms with Gasteiger partial charge in [0.1, 0.15) is 0 Å². The van der Waals surface area contributed by atoms with Crippen molar-refractivity contribution in [1.29, 1.82) is 0 Å². The summed E-state index contributed by atoms with van der Waals surface area (Å²) in [6.07, 6.45) is -0.328. The molecule has 2 aliphatic rings. The van der Waals surface area contributed by atoms with E-state index in [1.54, 1.807) is 14.0 Å². The molecule has 1 N–H and O–H groups in total. The monoisotopic (exact) mass is 226 g/mol. The van der Waals surface area contributed by atoms with Crippen LogP contribution in [-0.4, -0.2) is 43.0 Å². The van der Waals surface area contributed by atoms with Crippen LogP contribution in [0.15, 0.2) is 0 Å². The molecule has 1 saturated carbocycles. The fraction of sp³-hybridized carbons (Fsp3) is 0.700. The SMILES string of the molecule is CNC(C)N1C(=O)C2C(C(=O)OC)C2C1=O. The lowest BCUT2D eigenvalue weighted by Gasteiger charge is -2.24. The van der Waals surface area contributed by atoms with Crippen molar-refractivity contribution in [3.05, 3.63) is 0 Å². The number of methoxy groups -OCH3 is 1. The highest BCUT2D eigenvalue weighted by molar-refractivity contribution is 6.13. The van der Waals surface area contributed by atoms with E-state index in [9.17, 15) is 14.4 Å². The van der Waals surface area contributed by atoms with Gasteiger partial charge in [-0.15, -0.1) is 0 Å². The molecule has 16 heavy (non-hydrogen) atoms. The minimum absolute atomic E-state index is 0.271. The lowest BCUT2D eigenvalue weighted by Crippen LogP contribution is -2.48. The molecule has 0 radical (unpaired) electrons. The largest absolute Gasteiger partial charge is 0.469 e. The molecule has 0 bridgehead atoms. The highest BCUT2D eigenvalue weighted by atomic mass is 16.5. The number of nitrogens with zero attached hydrogens (tertiary/aromatic N) is 1. The number of piperidine rings is 1. The van der Waals surface area contributed by atoms with Crippen molar-refractivity contribution in [3.63, 3.8) is 0 Å². The van der Waals surface area contributed by atoms with Crippen molar-refractivity contribution < 1.29 is 19.1 Å². The molecule has 2 rings (SSSR count). The Balaban J connectivity index is 2.13. The van der Waals surface area contributed by atoms with E-state index in [0.29, 0.717) is 0 Å². The molecule has 3 unspecified atom stereocenters. The fourth-order valence-corrected chi connectivity index (χ4v) is 2.30. The quantitative estimate of drug-likeness (QED) is 0.491. The second-order valence-electron chi connectivity index (χ2n) is 4.11. The van der Waals surface area contributed by atoms with Crippen LogP contribution < -0.4 is 5.32 Å². The molecule has 0 aromatic rings. The van der Waals surface area contributed by atoms with Crippen LogP contribution in [0.2, 0.25) is 0 Å². The third kappa shape index (κ3) is 1.26. The van der Waals surface area contributed by atoms with Gasteiger partial charge < -0.3 is 10.1 Å². The minimum Gasteiger partial charge on any atom is -0.469 e. The molecule has 1 saturated heterocycles. The number of hydrogen-bond donors (Lipinski definition) is 1. The van der Waals surface area contributed by atoms with Gasteiger partial charge in [-0.1, -0.05) is 0 Å². The number of likely N-dealkylation sites (tertiary alicyclic amines) is 1. The zero-order valence-corrected chi connectivity index (χ0v) is 9.39. The van der Waals surface area contributed by atoms with Gasteiger partial charge in [0.15, 0.2) is 0 Å². The summed E-state index contributed by atoms with van der Waals surface area (Å²) in [7, 11) is 2.94. The zero-order chi connectivity index (χ0) is 12.0. The van der Waals surface area contributed by atoms with Gasteiger partial charge in [-0.25, -0.2) is 0 Å². The first kappa shape index (κ1) is 11.1. The Kier molecular flexibility index (Phi) is 2.46. The summed E-state index contributed by atoms with van der Waals surface area (Å²) in [5.41, 5.74) is 0. The summed E-state index contributed by atoms with van der Waals surface area (Å²) in [5, 5.41) is 2.83. The number of hydrogen-bond acceptors (Lipinski definition) is 5. The molecule has 1 aliphatic carbocycles. The van der Waals surface area contributed by atoms with Gasteiger partial charge in [-0.05, 0) is 14.0 Å². The van der Waals surface area contributed by atoms with Gasteiger partial charge >= 0.3 is 5.97 Å². The van der Waals surface area contributed by atoms with Gasteiger partial charge in [-0.2, -0.15) is 0 Å². The first-order valence-electron chi connectivity index (χ1n) is 5.16. The Morgan fingerprint density at radius 2 is 1.88 bits per heavy atom. The number of carbonyl (C=O) groups excluding carboxylic acids is 3. The van der Waals surface area contributed by atoms with Gasteiger partial charge in [0.25, 0.3) is 0 Å². The van der Waals surface area contributed by atoms with Crippen LogP contribution in [0.1, 0.15) is 6.92 Å². The summed E-state index contributed by atoms with van der Waals surface area (Å²) < 4.78 is 4.55. The average Bonchev–Trinajstić information content (AvgIpc) is 2.96. The lowest BCUT2D eigenvalue weighted by atomic mass is 10.2. The molecular weight excluding hydrogens is 212 g/mol. The van der Waals surface area contributed by atoms with Crippen LogP contribution in [0, 0.1) is 17.8 Å². The average molecular weight is 226 g/mol. The second-order valence-corrected chi connectivity index (χ2v) is 4.11. The third-order valence-corrected chi connectivity index (χ3v) is 3.34. The van der Waals surface area contributed by atoms with Crippen molar-refractivity contribution in [2.45, 2.75) is 13.1 Å². The van der Waals surface area contributed by atoms with Crippen LogP contribution in [0.3, 0.4) is 0 Å². The van der Waals surface area contributed by atoms with E-state index in [1.807, 2.05) is 0 Å². The molecule has 6 nitrogen and oxygen atoms in total. The molecule has 2 fully saturated rings. The van der Waals surface area contributed by atoms with E-state index < -0.39 is 23.7 Å². The Bertz CT molecular complexity index is 346. The van der Waals surface area contributed by atoms with Gasteiger partial charge in [0, 0.05) is 0 Å². The van der Waals surface area contributed by atoms with Crippen LogP contribution >= 0.6 is 0 Å². The number of carbonyl (C=O) groups is 3. The topological polar surface area (TPSA) is 75.7 Å². The number of ether oxygens (including phenoxy) is 1. The van der Waals surface area contributed by atoms with Crippen LogP contribution in [0.25, 0.3) is 0 Å². The predicted octanol–water partition coefficient (Wildman–Crippen LogP) is -1.04. The molecule has 1 aliphatic heterocycles. The third-order valence-electron chi connectivity index (χ3n) is 3.34. The Morgan fingerprint density at radius 1 is 1.38 bits per heavy atom. The fourth-order valence-electron chi connectivity index (χ4n) is 2.30. The Morgan fingerprint density at radius 3 is 2.25 bits per heavy atom. The molecule has 88 valence electrons. The van der Waals surface area contributed by atoms with Gasteiger partial charge in [0.05, 0.1) is 31.0 Å². The number of fused-ring (bicyclic) bond motifs is 1. The molecule has 6 heteroatoms. The van der Waals surface area contributed by atoms with E-state index in [4.69, 9.17) is 0 Å². The van der Waals surface area contributed by atoms with Crippen molar-refractivity contribution in [1.82, 2.24) is 10.2 Å². The molecule has 0 spiro atoms. The number of nitrogens with one attached hydrogen (secondary N) is 1. The summed E-state index contributed by atoms with van der Waals surface area (Å²) in [4.78, 5) is 36.1. The van der Waals surface area contributed by atoms with Crippen molar-refractivity contribution in [3.8, 4) is 0 Å². The predicted molar refractivity (Wildman–Crippen MR) is 52.9 cm³/mol. The van der Waals surface area contributed by atoms with E-state index in [0.717, 1.165) is 0 Å². The number of imide groups is 1.